The van der Waals surface area contributed by atoms with Crippen molar-refractivity contribution in [3.05, 3.63) is 35.9 Å². The number of amides is 1. The third-order valence-corrected chi connectivity index (χ3v) is 4.43. The number of carbonyl (C=O) groups is 1. The molecule has 0 spiro atoms. The van der Waals surface area contributed by atoms with Crippen LogP contribution in [0.5, 0.6) is 0 Å². The molecule has 108 valence electrons. The largest absolute Gasteiger partial charge is 0.321 e. The van der Waals surface area contributed by atoms with E-state index in [9.17, 15) is 4.79 Å². The highest BCUT2D eigenvalue weighted by Crippen LogP contribution is 2.28. The minimum absolute atomic E-state index is 0.0320. The summed E-state index contributed by atoms with van der Waals surface area (Å²) in [4.78, 5) is 16.8. The lowest BCUT2D eigenvalue weighted by Crippen LogP contribution is -2.35. The van der Waals surface area contributed by atoms with Gasteiger partial charge in [0, 0.05) is 13.1 Å². The van der Waals surface area contributed by atoms with E-state index in [-0.39, 0.29) is 18.1 Å². The molecule has 1 N–H and O–H groups in total. The quantitative estimate of drug-likeness (QED) is 0.905. The molecule has 2 fully saturated rings. The van der Waals surface area contributed by atoms with Gasteiger partial charge in [-0.15, -0.1) is 0 Å². The number of likely N-dealkylation sites (tertiary alicyclic amines) is 1. The zero-order valence-corrected chi connectivity index (χ0v) is 12.2. The van der Waals surface area contributed by atoms with E-state index in [2.05, 4.69) is 29.4 Å². The smallest absolute Gasteiger partial charge is 0.241 e. The van der Waals surface area contributed by atoms with E-state index in [1.165, 1.54) is 12.0 Å². The van der Waals surface area contributed by atoms with Crippen molar-refractivity contribution in [1.82, 2.24) is 15.1 Å². The Morgan fingerprint density at radius 1 is 1.30 bits per heavy atom. The Morgan fingerprint density at radius 3 is 2.70 bits per heavy atom. The fraction of sp³-hybridized carbons (Fsp3) is 0.562. The first-order chi connectivity index (χ1) is 9.65. The summed E-state index contributed by atoms with van der Waals surface area (Å²) in [5.41, 5.74) is 1.18. The molecule has 2 saturated heterocycles. The van der Waals surface area contributed by atoms with E-state index >= 15 is 0 Å². The van der Waals surface area contributed by atoms with E-state index in [0.717, 1.165) is 19.6 Å². The van der Waals surface area contributed by atoms with Crippen LogP contribution in [0.1, 0.15) is 25.1 Å². The summed E-state index contributed by atoms with van der Waals surface area (Å²) < 4.78 is 0. The normalized spacial score (nSPS) is 31.2. The van der Waals surface area contributed by atoms with Gasteiger partial charge in [-0.3, -0.25) is 10.1 Å². The first-order valence-electron chi connectivity index (χ1n) is 7.45. The molecule has 4 heteroatoms. The Balaban J connectivity index is 1.76. The van der Waals surface area contributed by atoms with Gasteiger partial charge in [-0.2, -0.15) is 0 Å². The van der Waals surface area contributed by atoms with Crippen LogP contribution in [0, 0.1) is 5.92 Å². The molecule has 2 aliphatic rings. The summed E-state index contributed by atoms with van der Waals surface area (Å²) in [5, 5.41) is 3.42. The monoisotopic (exact) mass is 273 g/mol. The molecule has 2 aliphatic heterocycles. The molecular formula is C16H23N3O. The fourth-order valence-electron chi connectivity index (χ4n) is 3.33. The zero-order valence-electron chi connectivity index (χ0n) is 12.2. The van der Waals surface area contributed by atoms with Crippen LogP contribution in [-0.4, -0.2) is 48.4 Å². The minimum atomic E-state index is -0.0839. The SMILES string of the molecule is CC1NC(c2ccccc2)N(CC2CCN(C)C2)C1=O. The van der Waals surface area contributed by atoms with Gasteiger partial charge in [-0.25, -0.2) is 0 Å². The number of nitrogens with one attached hydrogen (secondary N) is 1. The Hall–Kier alpha value is -1.39. The highest BCUT2D eigenvalue weighted by molar-refractivity contribution is 5.84. The Labute approximate surface area is 120 Å². The topological polar surface area (TPSA) is 35.6 Å². The maximum atomic E-state index is 12.4. The van der Waals surface area contributed by atoms with Crippen molar-refractivity contribution >= 4 is 5.91 Å². The molecule has 0 bridgehead atoms. The molecule has 1 aromatic carbocycles. The molecule has 1 amide bonds. The maximum absolute atomic E-state index is 12.4. The molecule has 20 heavy (non-hydrogen) atoms. The zero-order chi connectivity index (χ0) is 14.1. The Bertz CT molecular complexity index is 476. The summed E-state index contributed by atoms with van der Waals surface area (Å²) in [6.07, 6.45) is 1.22. The summed E-state index contributed by atoms with van der Waals surface area (Å²) in [7, 11) is 2.15. The number of hydrogen-bond acceptors (Lipinski definition) is 3. The third kappa shape index (κ3) is 2.58. The van der Waals surface area contributed by atoms with Crippen molar-refractivity contribution in [3.63, 3.8) is 0 Å². The van der Waals surface area contributed by atoms with Gasteiger partial charge < -0.3 is 9.80 Å². The van der Waals surface area contributed by atoms with E-state index in [1.807, 2.05) is 30.0 Å². The standard InChI is InChI=1S/C16H23N3O/c1-12-16(20)19(11-13-8-9-18(2)10-13)15(17-12)14-6-4-3-5-7-14/h3-7,12-13,15,17H,8-11H2,1-2H3. The van der Waals surface area contributed by atoms with Crippen molar-refractivity contribution < 1.29 is 4.79 Å². The third-order valence-electron chi connectivity index (χ3n) is 4.43. The van der Waals surface area contributed by atoms with Crippen LogP contribution in [0.3, 0.4) is 0 Å². The Kier molecular flexibility index (Phi) is 3.76. The van der Waals surface area contributed by atoms with Gasteiger partial charge in [0.2, 0.25) is 5.91 Å². The molecule has 0 saturated carbocycles. The van der Waals surface area contributed by atoms with Crippen LogP contribution < -0.4 is 5.32 Å². The summed E-state index contributed by atoms with van der Waals surface area (Å²) >= 11 is 0. The molecule has 3 rings (SSSR count). The van der Waals surface area contributed by atoms with Crippen molar-refractivity contribution in [2.75, 3.05) is 26.7 Å². The van der Waals surface area contributed by atoms with Gasteiger partial charge in [0.25, 0.3) is 0 Å². The van der Waals surface area contributed by atoms with Gasteiger partial charge >= 0.3 is 0 Å². The van der Waals surface area contributed by atoms with Gasteiger partial charge in [-0.1, -0.05) is 30.3 Å². The molecule has 3 unspecified atom stereocenters. The average Bonchev–Trinajstić information content (AvgIpc) is 2.98. The van der Waals surface area contributed by atoms with E-state index in [1.54, 1.807) is 0 Å². The molecule has 0 radical (unpaired) electrons. The minimum Gasteiger partial charge on any atom is -0.321 e. The van der Waals surface area contributed by atoms with Gasteiger partial charge in [0.05, 0.1) is 6.04 Å². The van der Waals surface area contributed by atoms with Crippen molar-refractivity contribution in [3.8, 4) is 0 Å². The second-order valence-corrected chi connectivity index (χ2v) is 6.11. The summed E-state index contributed by atoms with van der Waals surface area (Å²) in [5.74, 6) is 0.829. The first-order valence-corrected chi connectivity index (χ1v) is 7.45. The number of rotatable bonds is 3. The molecule has 0 aliphatic carbocycles. The maximum Gasteiger partial charge on any atom is 0.241 e. The second-order valence-electron chi connectivity index (χ2n) is 6.11. The lowest BCUT2D eigenvalue weighted by atomic mass is 10.1. The molecule has 4 nitrogen and oxygen atoms in total. The van der Waals surface area contributed by atoms with Crippen LogP contribution in [0.4, 0.5) is 0 Å². The van der Waals surface area contributed by atoms with Crippen LogP contribution in [0.15, 0.2) is 30.3 Å². The van der Waals surface area contributed by atoms with Crippen LogP contribution >= 0.6 is 0 Å². The summed E-state index contributed by atoms with van der Waals surface area (Å²) in [6.45, 7) is 5.06. The van der Waals surface area contributed by atoms with Crippen LogP contribution in [0.25, 0.3) is 0 Å². The number of carbonyl (C=O) groups excluding carboxylic acids is 1. The molecule has 1 aromatic rings. The van der Waals surface area contributed by atoms with E-state index in [0.29, 0.717) is 5.92 Å². The van der Waals surface area contributed by atoms with Gasteiger partial charge in [-0.05, 0) is 38.4 Å². The lowest BCUT2D eigenvalue weighted by Gasteiger charge is -2.27. The van der Waals surface area contributed by atoms with Crippen molar-refractivity contribution in [2.24, 2.45) is 5.92 Å². The number of benzene rings is 1. The summed E-state index contributed by atoms with van der Waals surface area (Å²) in [6, 6.07) is 10.2. The molecule has 2 heterocycles. The molecule has 0 aromatic heterocycles. The predicted octanol–water partition coefficient (Wildman–Crippen LogP) is 1.46. The molecule has 3 atom stereocenters. The number of hydrogen-bond donors (Lipinski definition) is 1. The predicted molar refractivity (Wildman–Crippen MR) is 79.1 cm³/mol. The Morgan fingerprint density at radius 2 is 2.05 bits per heavy atom. The first kappa shape index (κ1) is 13.6. The van der Waals surface area contributed by atoms with Crippen LogP contribution in [0.2, 0.25) is 0 Å². The van der Waals surface area contributed by atoms with Gasteiger partial charge in [0.15, 0.2) is 0 Å². The highest BCUT2D eigenvalue weighted by Gasteiger charge is 2.38. The van der Waals surface area contributed by atoms with Crippen molar-refractivity contribution in [2.45, 2.75) is 25.6 Å². The van der Waals surface area contributed by atoms with Gasteiger partial charge in [0.1, 0.15) is 6.17 Å². The van der Waals surface area contributed by atoms with E-state index < -0.39 is 0 Å². The second kappa shape index (κ2) is 5.54. The van der Waals surface area contributed by atoms with Crippen LogP contribution in [-0.2, 0) is 4.79 Å². The fourth-order valence-corrected chi connectivity index (χ4v) is 3.33. The van der Waals surface area contributed by atoms with Crippen molar-refractivity contribution in [1.29, 1.82) is 0 Å². The lowest BCUT2D eigenvalue weighted by molar-refractivity contribution is -0.130. The highest BCUT2D eigenvalue weighted by atomic mass is 16.2. The van der Waals surface area contributed by atoms with E-state index in [4.69, 9.17) is 0 Å². The molecular weight excluding hydrogens is 250 g/mol. The average molecular weight is 273 g/mol. The number of nitrogens with zero attached hydrogens (tertiary/aromatic N) is 2.